The smallest absolute Gasteiger partial charge is 0.339 e. The van der Waals surface area contributed by atoms with Crippen molar-refractivity contribution in [3.05, 3.63) is 82.9 Å². The molecule has 0 saturated heterocycles. The highest BCUT2D eigenvalue weighted by atomic mass is 35.5. The summed E-state index contributed by atoms with van der Waals surface area (Å²) in [6.07, 6.45) is 1.48. The molecule has 172 valence electrons. The molecular weight excluding hydrogens is 474 g/mol. The molecule has 0 radical (unpaired) electrons. The van der Waals surface area contributed by atoms with Crippen LogP contribution in [-0.4, -0.2) is 29.9 Å². The van der Waals surface area contributed by atoms with Crippen LogP contribution in [-0.2, 0) is 4.79 Å². The van der Waals surface area contributed by atoms with E-state index in [1.165, 1.54) is 11.1 Å². The SMILES string of the molecule is Cc1cccc(NC(=S)N2C(=O)COc3cc(NC(=O)N/N=C/c4cccc(Cl)c4)ccc32)c1. The second-order valence-electron chi connectivity index (χ2n) is 7.38. The number of carbonyl (C=O) groups is 2. The molecule has 34 heavy (non-hydrogen) atoms. The molecule has 0 bridgehead atoms. The number of hydrogen-bond acceptors (Lipinski definition) is 5. The van der Waals surface area contributed by atoms with Crippen LogP contribution >= 0.6 is 23.8 Å². The average molecular weight is 494 g/mol. The Labute approximate surface area is 206 Å². The molecule has 3 N–H and O–H groups in total. The Morgan fingerprint density at radius 2 is 1.88 bits per heavy atom. The van der Waals surface area contributed by atoms with Crippen LogP contribution < -0.4 is 25.7 Å². The van der Waals surface area contributed by atoms with Gasteiger partial charge in [-0.1, -0.05) is 35.9 Å². The zero-order chi connectivity index (χ0) is 24.1. The number of rotatable bonds is 4. The minimum absolute atomic E-state index is 0.178. The van der Waals surface area contributed by atoms with E-state index in [0.717, 1.165) is 16.8 Å². The van der Waals surface area contributed by atoms with Gasteiger partial charge in [0.25, 0.3) is 5.91 Å². The van der Waals surface area contributed by atoms with E-state index >= 15 is 0 Å². The maximum atomic E-state index is 12.5. The van der Waals surface area contributed by atoms with Crippen LogP contribution in [0.5, 0.6) is 5.75 Å². The van der Waals surface area contributed by atoms with Gasteiger partial charge in [-0.25, -0.2) is 10.2 Å². The van der Waals surface area contributed by atoms with Crippen molar-refractivity contribution in [2.45, 2.75) is 6.92 Å². The number of thiocarbonyl (C=S) groups is 1. The highest BCUT2D eigenvalue weighted by Crippen LogP contribution is 2.35. The molecule has 0 spiro atoms. The number of hydrogen-bond donors (Lipinski definition) is 3. The van der Waals surface area contributed by atoms with E-state index < -0.39 is 6.03 Å². The van der Waals surface area contributed by atoms with E-state index in [-0.39, 0.29) is 17.6 Å². The van der Waals surface area contributed by atoms with Gasteiger partial charge in [0.15, 0.2) is 11.7 Å². The van der Waals surface area contributed by atoms with Crippen LogP contribution in [0.3, 0.4) is 0 Å². The molecule has 0 unspecified atom stereocenters. The Hall–Kier alpha value is -3.95. The number of nitrogens with one attached hydrogen (secondary N) is 3. The molecule has 3 aromatic rings. The summed E-state index contributed by atoms with van der Waals surface area (Å²) in [6.45, 7) is 1.79. The van der Waals surface area contributed by atoms with Gasteiger partial charge in [-0.3, -0.25) is 9.69 Å². The van der Waals surface area contributed by atoms with Crippen LogP contribution in [0.1, 0.15) is 11.1 Å². The number of fused-ring (bicyclic) bond motifs is 1. The average Bonchev–Trinajstić information content (AvgIpc) is 2.79. The molecule has 0 saturated carbocycles. The predicted octanol–water partition coefficient (Wildman–Crippen LogP) is 4.93. The van der Waals surface area contributed by atoms with Gasteiger partial charge < -0.3 is 15.4 Å². The Kier molecular flexibility index (Phi) is 7.05. The second kappa shape index (κ2) is 10.3. The third-order valence-corrected chi connectivity index (χ3v) is 5.28. The number of anilines is 3. The predicted molar refractivity (Wildman–Crippen MR) is 138 cm³/mol. The Morgan fingerprint density at radius 3 is 2.68 bits per heavy atom. The fourth-order valence-electron chi connectivity index (χ4n) is 3.27. The zero-order valence-electron chi connectivity index (χ0n) is 18.0. The highest BCUT2D eigenvalue weighted by Gasteiger charge is 2.29. The monoisotopic (exact) mass is 493 g/mol. The Bertz CT molecular complexity index is 1300. The van der Waals surface area contributed by atoms with Crippen molar-refractivity contribution in [1.82, 2.24) is 5.43 Å². The quantitative estimate of drug-likeness (QED) is 0.272. The second-order valence-corrected chi connectivity index (χ2v) is 8.20. The van der Waals surface area contributed by atoms with Crippen molar-refractivity contribution in [2.24, 2.45) is 5.10 Å². The van der Waals surface area contributed by atoms with Crippen molar-refractivity contribution in [1.29, 1.82) is 0 Å². The van der Waals surface area contributed by atoms with E-state index in [1.54, 1.807) is 42.5 Å². The lowest BCUT2D eigenvalue weighted by molar-refractivity contribution is -0.120. The molecule has 0 atom stereocenters. The number of hydrazone groups is 1. The van der Waals surface area contributed by atoms with Crippen LogP contribution in [0.25, 0.3) is 0 Å². The number of amides is 3. The topological polar surface area (TPSA) is 95.1 Å². The largest absolute Gasteiger partial charge is 0.481 e. The van der Waals surface area contributed by atoms with Crippen LogP contribution in [0.15, 0.2) is 71.8 Å². The first kappa shape index (κ1) is 23.2. The van der Waals surface area contributed by atoms with Gasteiger partial charge in [0.1, 0.15) is 5.75 Å². The van der Waals surface area contributed by atoms with Gasteiger partial charge in [0.05, 0.1) is 11.9 Å². The summed E-state index contributed by atoms with van der Waals surface area (Å²) in [5, 5.41) is 10.5. The standard InChI is InChI=1S/C24H20ClN5O3S/c1-15-4-2-7-18(10-15)28-24(34)30-20-9-8-19(12-21(20)33-14-22(30)31)27-23(32)29-26-13-16-5-3-6-17(25)11-16/h2-13H,14H2,1H3,(H,28,34)(H2,27,29,32)/b26-13+. The zero-order valence-corrected chi connectivity index (χ0v) is 19.6. The highest BCUT2D eigenvalue weighted by molar-refractivity contribution is 7.80. The van der Waals surface area contributed by atoms with Crippen molar-refractivity contribution >= 4 is 64.1 Å². The minimum Gasteiger partial charge on any atom is -0.481 e. The number of halogens is 1. The lowest BCUT2D eigenvalue weighted by Crippen LogP contribution is -2.45. The van der Waals surface area contributed by atoms with E-state index in [9.17, 15) is 9.59 Å². The van der Waals surface area contributed by atoms with E-state index in [0.29, 0.717) is 22.1 Å². The summed E-state index contributed by atoms with van der Waals surface area (Å²) in [5.41, 5.74) is 5.91. The minimum atomic E-state index is -0.543. The maximum Gasteiger partial charge on any atom is 0.339 e. The van der Waals surface area contributed by atoms with Crippen LogP contribution in [0.4, 0.5) is 21.9 Å². The number of ether oxygens (including phenoxy) is 1. The van der Waals surface area contributed by atoms with Crippen molar-refractivity contribution in [3.8, 4) is 5.75 Å². The Morgan fingerprint density at radius 1 is 1.09 bits per heavy atom. The van der Waals surface area contributed by atoms with E-state index in [4.69, 9.17) is 28.6 Å². The first-order valence-corrected chi connectivity index (χ1v) is 11.0. The summed E-state index contributed by atoms with van der Waals surface area (Å²) < 4.78 is 5.57. The van der Waals surface area contributed by atoms with Crippen molar-refractivity contribution < 1.29 is 14.3 Å². The molecule has 4 rings (SSSR count). The summed E-state index contributed by atoms with van der Waals surface area (Å²) in [4.78, 5) is 26.1. The van der Waals surface area contributed by atoms with Gasteiger partial charge in [-0.15, -0.1) is 0 Å². The van der Waals surface area contributed by atoms with E-state index in [1.807, 2.05) is 31.2 Å². The molecule has 0 aliphatic carbocycles. The summed E-state index contributed by atoms with van der Waals surface area (Å²) >= 11 is 11.4. The number of carbonyl (C=O) groups excluding carboxylic acids is 2. The normalized spacial score (nSPS) is 12.6. The number of benzene rings is 3. The molecule has 1 aliphatic rings. The molecule has 1 aliphatic heterocycles. The van der Waals surface area contributed by atoms with Crippen LogP contribution in [0.2, 0.25) is 5.02 Å². The van der Waals surface area contributed by atoms with Gasteiger partial charge in [-0.2, -0.15) is 5.10 Å². The third kappa shape index (κ3) is 5.69. The van der Waals surface area contributed by atoms with Gasteiger partial charge in [-0.05, 0) is 66.7 Å². The first-order valence-electron chi connectivity index (χ1n) is 10.2. The molecule has 8 nitrogen and oxygen atoms in total. The van der Waals surface area contributed by atoms with Gasteiger partial charge >= 0.3 is 6.03 Å². The molecule has 0 fully saturated rings. The number of urea groups is 1. The lowest BCUT2D eigenvalue weighted by atomic mass is 10.2. The van der Waals surface area contributed by atoms with Crippen molar-refractivity contribution in [2.75, 3.05) is 22.1 Å². The van der Waals surface area contributed by atoms with Gasteiger partial charge in [0, 0.05) is 22.5 Å². The lowest BCUT2D eigenvalue weighted by Gasteiger charge is -2.30. The van der Waals surface area contributed by atoms with Gasteiger partial charge in [0.2, 0.25) is 0 Å². The summed E-state index contributed by atoms with van der Waals surface area (Å²) in [5.74, 6) is 0.111. The fourth-order valence-corrected chi connectivity index (χ4v) is 3.78. The summed E-state index contributed by atoms with van der Waals surface area (Å²) in [6, 6.07) is 19.1. The summed E-state index contributed by atoms with van der Waals surface area (Å²) in [7, 11) is 0. The van der Waals surface area contributed by atoms with Crippen LogP contribution in [0, 0.1) is 6.92 Å². The third-order valence-electron chi connectivity index (χ3n) is 4.76. The molecule has 10 heteroatoms. The molecule has 3 aromatic carbocycles. The number of aryl methyl sites for hydroxylation is 1. The molecule has 0 aromatic heterocycles. The molecule has 1 heterocycles. The number of nitrogens with zero attached hydrogens (tertiary/aromatic N) is 2. The first-order chi connectivity index (χ1) is 16.4. The van der Waals surface area contributed by atoms with Crippen molar-refractivity contribution in [3.63, 3.8) is 0 Å². The van der Waals surface area contributed by atoms with E-state index in [2.05, 4.69) is 21.2 Å². The Balaban J connectivity index is 1.43. The maximum absolute atomic E-state index is 12.5. The molecule has 3 amide bonds. The fraction of sp³-hybridized carbons (Fsp3) is 0.0833. The molecular formula is C24H20ClN5O3S.